The van der Waals surface area contributed by atoms with Crippen molar-refractivity contribution in [2.75, 3.05) is 26.3 Å². The molecule has 0 aliphatic carbocycles. The topological polar surface area (TPSA) is 99.7 Å². The quantitative estimate of drug-likeness (QED) is 0.865. The Morgan fingerprint density at radius 1 is 1.27 bits per heavy atom. The summed E-state index contributed by atoms with van der Waals surface area (Å²) in [4.78, 5) is 30.9. The predicted octanol–water partition coefficient (Wildman–Crippen LogP) is 1.22. The fraction of sp³-hybridized carbons (Fsp3) is 0.471. The van der Waals surface area contributed by atoms with E-state index in [1.807, 2.05) is 10.3 Å². The third-order valence-electron chi connectivity index (χ3n) is 4.72. The molecule has 2 aliphatic rings. The Hall–Kier alpha value is -2.55. The lowest BCUT2D eigenvalue weighted by atomic mass is 9.95. The van der Waals surface area contributed by atoms with Crippen molar-refractivity contribution in [1.82, 2.24) is 14.5 Å². The highest BCUT2D eigenvalue weighted by Gasteiger charge is 2.31. The van der Waals surface area contributed by atoms with Crippen molar-refractivity contribution in [2.24, 2.45) is 5.73 Å². The fourth-order valence-corrected chi connectivity index (χ4v) is 4.37. The standard InChI is InChI=1S/C17H20N4O4S/c18-13(22)9-21-6-3-19-16(21)11-1-4-20(5-2-11)17(23)15-14-12(10-26-15)24-7-8-25-14/h3,6,10-11H,1-2,4-5,7-9H2,(H2,18,22). The molecule has 2 aliphatic heterocycles. The van der Waals surface area contributed by atoms with Gasteiger partial charge in [-0.3, -0.25) is 9.59 Å². The summed E-state index contributed by atoms with van der Waals surface area (Å²) >= 11 is 1.37. The third-order valence-corrected chi connectivity index (χ3v) is 5.64. The fourth-order valence-electron chi connectivity index (χ4n) is 3.48. The number of carbonyl (C=O) groups excluding carboxylic acids is 2. The van der Waals surface area contributed by atoms with E-state index in [9.17, 15) is 9.59 Å². The van der Waals surface area contributed by atoms with Crippen LogP contribution >= 0.6 is 11.3 Å². The zero-order valence-corrected chi connectivity index (χ0v) is 15.0. The molecule has 1 saturated heterocycles. The van der Waals surface area contributed by atoms with Gasteiger partial charge < -0.3 is 24.7 Å². The molecule has 138 valence electrons. The van der Waals surface area contributed by atoms with E-state index >= 15 is 0 Å². The molecule has 0 saturated carbocycles. The highest BCUT2D eigenvalue weighted by atomic mass is 32.1. The summed E-state index contributed by atoms with van der Waals surface area (Å²) < 4.78 is 12.9. The lowest BCUT2D eigenvalue weighted by molar-refractivity contribution is -0.118. The molecule has 1 fully saturated rings. The first kappa shape index (κ1) is 16.9. The molecular weight excluding hydrogens is 356 g/mol. The molecule has 0 radical (unpaired) electrons. The number of carbonyl (C=O) groups is 2. The van der Waals surface area contributed by atoms with E-state index in [1.165, 1.54) is 11.3 Å². The lowest BCUT2D eigenvalue weighted by Gasteiger charge is -2.32. The van der Waals surface area contributed by atoms with Crippen LogP contribution in [0.3, 0.4) is 0 Å². The summed E-state index contributed by atoms with van der Waals surface area (Å²) in [6.07, 6.45) is 5.05. The number of hydrogen-bond donors (Lipinski definition) is 1. The number of aromatic nitrogens is 2. The minimum atomic E-state index is -0.387. The number of imidazole rings is 1. The number of rotatable bonds is 4. The summed E-state index contributed by atoms with van der Waals surface area (Å²) in [6.45, 7) is 2.39. The van der Waals surface area contributed by atoms with Crippen LogP contribution in [0.2, 0.25) is 0 Å². The highest BCUT2D eigenvalue weighted by molar-refractivity contribution is 7.12. The van der Waals surface area contributed by atoms with Gasteiger partial charge in [0, 0.05) is 36.8 Å². The number of hydrogen-bond acceptors (Lipinski definition) is 6. The Morgan fingerprint density at radius 3 is 2.81 bits per heavy atom. The first-order chi connectivity index (χ1) is 12.6. The van der Waals surface area contributed by atoms with Crippen molar-refractivity contribution in [2.45, 2.75) is 25.3 Å². The van der Waals surface area contributed by atoms with Gasteiger partial charge in [0.2, 0.25) is 5.91 Å². The molecule has 2 N–H and O–H groups in total. The summed E-state index contributed by atoms with van der Waals surface area (Å²) in [5.41, 5.74) is 5.29. The van der Waals surface area contributed by atoms with Gasteiger partial charge >= 0.3 is 0 Å². The van der Waals surface area contributed by atoms with Crippen molar-refractivity contribution < 1.29 is 19.1 Å². The van der Waals surface area contributed by atoms with Crippen molar-refractivity contribution >= 4 is 23.2 Å². The zero-order chi connectivity index (χ0) is 18.1. The first-order valence-corrected chi connectivity index (χ1v) is 9.47. The van der Waals surface area contributed by atoms with Gasteiger partial charge in [0.25, 0.3) is 5.91 Å². The molecule has 4 heterocycles. The lowest BCUT2D eigenvalue weighted by Crippen LogP contribution is -2.38. The Bertz CT molecular complexity index is 823. The van der Waals surface area contributed by atoms with Crippen LogP contribution < -0.4 is 15.2 Å². The molecule has 4 rings (SSSR count). The van der Waals surface area contributed by atoms with Gasteiger partial charge in [-0.25, -0.2) is 4.98 Å². The van der Waals surface area contributed by atoms with Gasteiger partial charge in [0.05, 0.1) is 0 Å². The van der Waals surface area contributed by atoms with Crippen LogP contribution in [0.1, 0.15) is 34.3 Å². The van der Waals surface area contributed by atoms with Crippen LogP contribution in [0.25, 0.3) is 0 Å². The molecule has 8 nitrogen and oxygen atoms in total. The summed E-state index contributed by atoms with van der Waals surface area (Å²) in [5, 5.41) is 1.83. The van der Waals surface area contributed by atoms with Gasteiger partial charge in [-0.05, 0) is 12.8 Å². The Morgan fingerprint density at radius 2 is 2.04 bits per heavy atom. The SMILES string of the molecule is NC(=O)Cn1ccnc1C1CCN(C(=O)c2scc3c2OCCO3)CC1. The normalized spacial score (nSPS) is 17.3. The maximum atomic E-state index is 12.9. The highest BCUT2D eigenvalue weighted by Crippen LogP contribution is 2.40. The van der Waals surface area contributed by atoms with Crippen LogP contribution in [0.15, 0.2) is 17.8 Å². The van der Waals surface area contributed by atoms with E-state index in [0.717, 1.165) is 18.7 Å². The largest absolute Gasteiger partial charge is 0.485 e. The van der Waals surface area contributed by atoms with Crippen LogP contribution in [-0.4, -0.2) is 52.6 Å². The van der Waals surface area contributed by atoms with Crippen LogP contribution in [0.4, 0.5) is 0 Å². The first-order valence-electron chi connectivity index (χ1n) is 8.59. The van der Waals surface area contributed by atoms with E-state index in [2.05, 4.69) is 4.98 Å². The number of ether oxygens (including phenoxy) is 2. The second kappa shape index (κ2) is 6.99. The molecule has 9 heteroatoms. The summed E-state index contributed by atoms with van der Waals surface area (Å²) in [6, 6.07) is 0. The number of nitrogens with zero attached hydrogens (tertiary/aromatic N) is 3. The van der Waals surface area contributed by atoms with Gasteiger partial charge in [0.1, 0.15) is 30.5 Å². The monoisotopic (exact) mass is 376 g/mol. The van der Waals surface area contributed by atoms with Gasteiger partial charge in [-0.2, -0.15) is 0 Å². The number of primary amides is 1. The van der Waals surface area contributed by atoms with Gasteiger partial charge in [-0.15, -0.1) is 11.3 Å². The predicted molar refractivity (Wildman–Crippen MR) is 94.6 cm³/mol. The minimum Gasteiger partial charge on any atom is -0.485 e. The number of fused-ring (bicyclic) bond motifs is 1. The second-order valence-electron chi connectivity index (χ2n) is 6.40. The molecule has 0 atom stereocenters. The smallest absolute Gasteiger partial charge is 0.267 e. The molecule has 0 bridgehead atoms. The third kappa shape index (κ3) is 3.14. The molecule has 2 aromatic rings. The molecular formula is C17H20N4O4S. The number of amides is 2. The number of piperidine rings is 1. The molecule has 2 amide bonds. The molecule has 0 aromatic carbocycles. The molecule has 26 heavy (non-hydrogen) atoms. The average molecular weight is 376 g/mol. The van der Waals surface area contributed by atoms with Crippen molar-refractivity contribution in [1.29, 1.82) is 0 Å². The van der Waals surface area contributed by atoms with Crippen LogP contribution in [0, 0.1) is 0 Å². The second-order valence-corrected chi connectivity index (χ2v) is 7.28. The summed E-state index contributed by atoms with van der Waals surface area (Å²) in [5.74, 6) is 1.91. The van der Waals surface area contributed by atoms with Crippen LogP contribution in [-0.2, 0) is 11.3 Å². The maximum Gasteiger partial charge on any atom is 0.267 e. The minimum absolute atomic E-state index is 0.0133. The molecule has 0 spiro atoms. The van der Waals surface area contributed by atoms with E-state index < -0.39 is 0 Å². The van der Waals surface area contributed by atoms with Crippen molar-refractivity contribution in [3.8, 4) is 11.5 Å². The Kier molecular flexibility index (Phi) is 4.54. The van der Waals surface area contributed by atoms with E-state index in [1.54, 1.807) is 17.0 Å². The molecule has 2 aromatic heterocycles. The van der Waals surface area contributed by atoms with Crippen LogP contribution in [0.5, 0.6) is 11.5 Å². The van der Waals surface area contributed by atoms with Crippen molar-refractivity contribution in [3.05, 3.63) is 28.5 Å². The van der Waals surface area contributed by atoms with E-state index in [0.29, 0.717) is 42.7 Å². The maximum absolute atomic E-state index is 12.9. The van der Waals surface area contributed by atoms with Gasteiger partial charge in [-0.1, -0.05) is 0 Å². The van der Waals surface area contributed by atoms with Gasteiger partial charge in [0.15, 0.2) is 11.5 Å². The molecule has 0 unspecified atom stereocenters. The van der Waals surface area contributed by atoms with Crippen molar-refractivity contribution in [3.63, 3.8) is 0 Å². The number of thiophene rings is 1. The average Bonchev–Trinajstić information content (AvgIpc) is 3.27. The van der Waals surface area contributed by atoms with E-state index in [-0.39, 0.29) is 24.3 Å². The van der Waals surface area contributed by atoms with E-state index in [4.69, 9.17) is 15.2 Å². The number of likely N-dealkylation sites (tertiary alicyclic amines) is 1. The Labute approximate surface area is 154 Å². The number of nitrogens with two attached hydrogens (primary N) is 1. The Balaban J connectivity index is 1.42. The zero-order valence-electron chi connectivity index (χ0n) is 14.2. The summed E-state index contributed by atoms with van der Waals surface area (Å²) in [7, 11) is 0.